The molecule has 1 aromatic heterocycles. The van der Waals surface area contributed by atoms with Crippen molar-refractivity contribution in [3.05, 3.63) is 66.2 Å². The van der Waals surface area contributed by atoms with Gasteiger partial charge in [-0.05, 0) is 18.2 Å². The van der Waals surface area contributed by atoms with E-state index < -0.39 is 15.8 Å². The highest BCUT2D eigenvalue weighted by Gasteiger charge is 2.29. The van der Waals surface area contributed by atoms with Crippen molar-refractivity contribution >= 4 is 15.7 Å². The van der Waals surface area contributed by atoms with Crippen LogP contribution in [0.4, 0.5) is 10.1 Å². The van der Waals surface area contributed by atoms with E-state index in [2.05, 4.69) is 10.5 Å². The molecule has 1 aliphatic rings. The molecule has 0 aliphatic carbocycles. The zero-order valence-corrected chi connectivity index (χ0v) is 16.4. The zero-order chi connectivity index (χ0) is 20.3. The largest absolute Gasteiger partial charge is 0.379 e. The van der Waals surface area contributed by atoms with E-state index in [-0.39, 0.29) is 24.5 Å². The summed E-state index contributed by atoms with van der Waals surface area (Å²) in [7, 11) is -3.93. The number of sulfonamides is 1. The summed E-state index contributed by atoms with van der Waals surface area (Å²) in [4.78, 5) is -0.355. The minimum atomic E-state index is -3.93. The molecule has 1 fully saturated rings. The summed E-state index contributed by atoms with van der Waals surface area (Å²) < 4.78 is 51.6. The lowest BCUT2D eigenvalue weighted by Crippen LogP contribution is -2.40. The van der Waals surface area contributed by atoms with Gasteiger partial charge in [0.15, 0.2) is 5.76 Å². The Bertz CT molecular complexity index is 1080. The van der Waals surface area contributed by atoms with Crippen LogP contribution < -0.4 is 5.32 Å². The molecule has 7 nitrogen and oxygen atoms in total. The molecule has 0 amide bonds. The molecule has 4 rings (SSSR count). The van der Waals surface area contributed by atoms with E-state index in [1.165, 1.54) is 16.4 Å². The van der Waals surface area contributed by atoms with Crippen LogP contribution in [0.3, 0.4) is 0 Å². The van der Waals surface area contributed by atoms with Crippen molar-refractivity contribution in [1.29, 1.82) is 0 Å². The van der Waals surface area contributed by atoms with E-state index >= 15 is 0 Å². The highest BCUT2D eigenvalue weighted by molar-refractivity contribution is 7.89. The second-order valence-corrected chi connectivity index (χ2v) is 8.47. The number of ether oxygens (including phenoxy) is 1. The van der Waals surface area contributed by atoms with Gasteiger partial charge < -0.3 is 14.6 Å². The first-order chi connectivity index (χ1) is 14.0. The Kier molecular flexibility index (Phi) is 5.61. The molecule has 29 heavy (non-hydrogen) atoms. The molecule has 1 aliphatic heterocycles. The lowest BCUT2D eigenvalue weighted by atomic mass is 10.1. The normalized spacial score (nSPS) is 15.3. The van der Waals surface area contributed by atoms with Gasteiger partial charge in [-0.1, -0.05) is 35.5 Å². The van der Waals surface area contributed by atoms with Gasteiger partial charge >= 0.3 is 0 Å². The number of morpholine rings is 1. The van der Waals surface area contributed by atoms with Crippen molar-refractivity contribution in [2.24, 2.45) is 0 Å². The standard InChI is InChI=1S/C20H20FN3O4S/c21-18-7-6-16(12-20(18)29(25,26)24-8-10-27-11-9-24)22-14-17-13-19(23-28-17)15-4-2-1-3-5-15/h1-7,12-13,22H,8-11,14H2. The van der Waals surface area contributed by atoms with Crippen molar-refractivity contribution in [2.45, 2.75) is 11.4 Å². The number of benzene rings is 2. The maximum atomic E-state index is 14.3. The number of halogens is 1. The van der Waals surface area contributed by atoms with E-state index in [9.17, 15) is 12.8 Å². The van der Waals surface area contributed by atoms with Crippen LogP contribution in [0.15, 0.2) is 64.0 Å². The number of hydrogen-bond donors (Lipinski definition) is 1. The average Bonchev–Trinajstić information content (AvgIpc) is 3.23. The van der Waals surface area contributed by atoms with Crippen LogP contribution in [0.5, 0.6) is 0 Å². The van der Waals surface area contributed by atoms with Crippen LogP contribution in [0, 0.1) is 5.82 Å². The number of aromatic nitrogens is 1. The first-order valence-electron chi connectivity index (χ1n) is 9.16. The molecule has 0 bridgehead atoms. The Morgan fingerprint density at radius 1 is 1.07 bits per heavy atom. The lowest BCUT2D eigenvalue weighted by molar-refractivity contribution is 0.0729. The van der Waals surface area contributed by atoms with Gasteiger partial charge in [-0.2, -0.15) is 4.31 Å². The Balaban J connectivity index is 1.49. The summed E-state index contributed by atoms with van der Waals surface area (Å²) >= 11 is 0. The van der Waals surface area contributed by atoms with Crippen LogP contribution in [0.1, 0.15) is 5.76 Å². The highest BCUT2D eigenvalue weighted by Crippen LogP contribution is 2.25. The molecular formula is C20H20FN3O4S. The van der Waals surface area contributed by atoms with Gasteiger partial charge in [0.2, 0.25) is 10.0 Å². The van der Waals surface area contributed by atoms with E-state index in [0.717, 1.165) is 11.6 Å². The second kappa shape index (κ2) is 8.32. The predicted octanol–water partition coefficient (Wildman–Crippen LogP) is 3.11. The average molecular weight is 417 g/mol. The van der Waals surface area contributed by atoms with E-state index in [0.29, 0.717) is 30.4 Å². The van der Waals surface area contributed by atoms with Crippen molar-refractivity contribution in [2.75, 3.05) is 31.6 Å². The molecule has 2 heterocycles. The minimum absolute atomic E-state index is 0.208. The van der Waals surface area contributed by atoms with Crippen LogP contribution in [-0.4, -0.2) is 44.2 Å². The smallest absolute Gasteiger partial charge is 0.246 e. The fraction of sp³-hybridized carbons (Fsp3) is 0.250. The van der Waals surface area contributed by atoms with Gasteiger partial charge in [0.1, 0.15) is 16.4 Å². The summed E-state index contributed by atoms with van der Waals surface area (Å²) in [5, 5.41) is 7.10. The maximum absolute atomic E-state index is 14.3. The molecule has 9 heteroatoms. The van der Waals surface area contributed by atoms with Crippen molar-refractivity contribution in [1.82, 2.24) is 9.46 Å². The quantitative estimate of drug-likeness (QED) is 0.663. The number of anilines is 1. The summed E-state index contributed by atoms with van der Waals surface area (Å²) in [5.74, 6) is -0.209. The summed E-state index contributed by atoms with van der Waals surface area (Å²) in [5.41, 5.74) is 2.11. The van der Waals surface area contributed by atoms with Crippen LogP contribution in [-0.2, 0) is 21.3 Å². The zero-order valence-electron chi connectivity index (χ0n) is 15.5. The number of hydrogen-bond acceptors (Lipinski definition) is 6. The molecule has 0 atom stereocenters. The van der Waals surface area contributed by atoms with Crippen LogP contribution in [0.2, 0.25) is 0 Å². The van der Waals surface area contributed by atoms with Crippen LogP contribution >= 0.6 is 0 Å². The van der Waals surface area contributed by atoms with Gasteiger partial charge in [0.25, 0.3) is 0 Å². The molecule has 0 unspecified atom stereocenters. The van der Waals surface area contributed by atoms with Crippen molar-refractivity contribution in [3.63, 3.8) is 0 Å². The fourth-order valence-corrected chi connectivity index (χ4v) is 4.57. The first-order valence-corrected chi connectivity index (χ1v) is 10.6. The molecule has 1 N–H and O–H groups in total. The van der Waals surface area contributed by atoms with Gasteiger partial charge in [-0.15, -0.1) is 0 Å². The predicted molar refractivity (Wildman–Crippen MR) is 105 cm³/mol. The van der Waals surface area contributed by atoms with Crippen molar-refractivity contribution in [3.8, 4) is 11.3 Å². The Labute approximate surface area is 168 Å². The third-order valence-electron chi connectivity index (χ3n) is 4.61. The third-order valence-corrected chi connectivity index (χ3v) is 6.53. The van der Waals surface area contributed by atoms with Gasteiger partial charge in [-0.25, -0.2) is 12.8 Å². The highest BCUT2D eigenvalue weighted by atomic mass is 32.2. The molecule has 0 spiro atoms. The van der Waals surface area contributed by atoms with Gasteiger partial charge in [-0.3, -0.25) is 0 Å². The molecule has 1 saturated heterocycles. The van der Waals surface area contributed by atoms with E-state index in [1.54, 1.807) is 6.07 Å². The summed E-state index contributed by atoms with van der Waals surface area (Å²) in [6.45, 7) is 1.30. The van der Waals surface area contributed by atoms with Gasteiger partial charge in [0.05, 0.1) is 19.8 Å². The van der Waals surface area contributed by atoms with Gasteiger partial charge in [0, 0.05) is 30.4 Å². The molecule has 152 valence electrons. The van der Waals surface area contributed by atoms with Crippen LogP contribution in [0.25, 0.3) is 11.3 Å². The molecule has 3 aromatic rings. The number of nitrogens with zero attached hydrogens (tertiary/aromatic N) is 2. The number of rotatable bonds is 6. The summed E-state index contributed by atoms with van der Waals surface area (Å²) in [6.07, 6.45) is 0. The Morgan fingerprint density at radius 2 is 1.83 bits per heavy atom. The monoisotopic (exact) mass is 417 g/mol. The molecule has 2 aromatic carbocycles. The summed E-state index contributed by atoms with van der Waals surface area (Å²) in [6, 6.07) is 15.3. The Morgan fingerprint density at radius 3 is 2.59 bits per heavy atom. The van der Waals surface area contributed by atoms with E-state index in [4.69, 9.17) is 9.26 Å². The SMILES string of the molecule is O=S(=O)(c1cc(NCc2cc(-c3ccccc3)no2)ccc1F)N1CCOCC1. The lowest BCUT2D eigenvalue weighted by Gasteiger charge is -2.26. The number of nitrogens with one attached hydrogen (secondary N) is 1. The third kappa shape index (κ3) is 4.31. The minimum Gasteiger partial charge on any atom is -0.379 e. The molecule has 0 radical (unpaired) electrons. The molecular weight excluding hydrogens is 397 g/mol. The fourth-order valence-electron chi connectivity index (χ4n) is 3.07. The van der Waals surface area contributed by atoms with Crippen molar-refractivity contribution < 1.29 is 22.1 Å². The second-order valence-electron chi connectivity index (χ2n) is 6.56. The Hall–Kier alpha value is -2.75. The topological polar surface area (TPSA) is 84.7 Å². The van der Waals surface area contributed by atoms with E-state index in [1.807, 2.05) is 30.3 Å². The molecule has 0 saturated carbocycles. The maximum Gasteiger partial charge on any atom is 0.246 e. The first kappa shape index (κ1) is 19.6.